The number of likely N-dealkylation sites (N-methyl/N-ethyl adjacent to an activating group) is 1. The number of piperazine rings is 1. The van der Waals surface area contributed by atoms with E-state index in [1.165, 1.54) is 64.2 Å². The highest BCUT2D eigenvalue weighted by Crippen LogP contribution is 2.17. The second kappa shape index (κ2) is 20.5. The lowest BCUT2D eigenvalue weighted by Gasteiger charge is -2.33. The molecule has 1 aliphatic rings. The summed E-state index contributed by atoms with van der Waals surface area (Å²) in [6, 6.07) is 10.6. The number of unbranched alkanes of at least 4 members (excludes halogenated alkanes) is 14. The van der Waals surface area contributed by atoms with Crippen molar-refractivity contribution >= 4 is 21.8 Å². The minimum atomic E-state index is -3.63. The number of amides is 1. The summed E-state index contributed by atoms with van der Waals surface area (Å²) in [4.78, 5) is 21.8. The van der Waals surface area contributed by atoms with Crippen LogP contribution in [-0.2, 0) is 14.3 Å². The van der Waals surface area contributed by atoms with E-state index in [1.54, 1.807) is 30.5 Å². The first-order chi connectivity index (χ1) is 21.3. The van der Waals surface area contributed by atoms with Crippen LogP contribution in [0.3, 0.4) is 0 Å². The van der Waals surface area contributed by atoms with Crippen LogP contribution in [0.1, 0.15) is 112 Å². The van der Waals surface area contributed by atoms with Gasteiger partial charge in [-0.3, -0.25) is 8.98 Å². The molecule has 1 saturated heterocycles. The van der Waals surface area contributed by atoms with Gasteiger partial charge in [0.25, 0.3) is 16.0 Å². The summed E-state index contributed by atoms with van der Waals surface area (Å²) in [6.45, 7) is 6.95. The average Bonchev–Trinajstić information content (AvgIpc) is 3.02. The lowest BCUT2D eigenvalue weighted by atomic mass is 10.0. The number of aryl methyl sites for hydroxylation is 1. The molecule has 0 spiro atoms. The maximum absolute atomic E-state index is 12.4. The van der Waals surface area contributed by atoms with Gasteiger partial charge in [0.2, 0.25) is 0 Å². The molecule has 0 aliphatic carbocycles. The Bertz CT molecular complexity index is 1160. The molecule has 1 aromatic carbocycles. The largest absolute Gasteiger partial charge is 0.354 e. The molecule has 1 amide bonds. The molecule has 0 radical (unpaired) electrons. The van der Waals surface area contributed by atoms with Gasteiger partial charge < -0.3 is 15.1 Å². The van der Waals surface area contributed by atoms with Gasteiger partial charge in [0.15, 0.2) is 0 Å². The van der Waals surface area contributed by atoms with Crippen molar-refractivity contribution in [2.75, 3.05) is 51.3 Å². The molecular weight excluding hydrogens is 572 g/mol. The lowest BCUT2D eigenvalue weighted by molar-refractivity contribution is 0.0952. The van der Waals surface area contributed by atoms with Crippen molar-refractivity contribution in [2.45, 2.75) is 108 Å². The Hall–Kier alpha value is -2.49. The molecule has 1 fully saturated rings. The normalized spacial score (nSPS) is 14.2. The number of carbonyl (C=O) groups is 1. The molecule has 1 aromatic heterocycles. The Kier molecular flexibility index (Phi) is 16.8. The van der Waals surface area contributed by atoms with E-state index >= 15 is 0 Å². The Balaban J connectivity index is 1.05. The standard InChI is InChI=1S/C35H56N4O4S/c1-31-18-21-33(22-19-31)44(41,42)43-29-17-15-13-11-9-7-5-3-4-6-8-10-12-14-16-24-36-35(40)32-20-23-34(37-30-32)39-27-25-38(2)26-28-39/h18-23,30H,3-17,24-29H2,1-2H3,(H,36,40). The molecule has 0 bridgehead atoms. The molecule has 2 aromatic rings. The second-order valence-corrected chi connectivity index (χ2v) is 14.0. The minimum absolute atomic E-state index is 0.0285. The number of hydrogen-bond donors (Lipinski definition) is 1. The van der Waals surface area contributed by atoms with Gasteiger partial charge >= 0.3 is 0 Å². The van der Waals surface area contributed by atoms with Gasteiger partial charge in [0.1, 0.15) is 5.82 Å². The first-order valence-electron chi connectivity index (χ1n) is 17.0. The highest BCUT2D eigenvalue weighted by atomic mass is 32.2. The van der Waals surface area contributed by atoms with E-state index in [9.17, 15) is 13.2 Å². The molecule has 0 saturated carbocycles. The van der Waals surface area contributed by atoms with Gasteiger partial charge in [0.05, 0.1) is 17.1 Å². The van der Waals surface area contributed by atoms with Crippen molar-refractivity contribution in [2.24, 2.45) is 0 Å². The van der Waals surface area contributed by atoms with Crippen LogP contribution in [0.2, 0.25) is 0 Å². The fraction of sp³-hybridized carbons (Fsp3) is 0.657. The quantitative estimate of drug-likeness (QED) is 0.110. The summed E-state index contributed by atoms with van der Waals surface area (Å²) < 4.78 is 29.5. The summed E-state index contributed by atoms with van der Waals surface area (Å²) >= 11 is 0. The van der Waals surface area contributed by atoms with E-state index in [0.717, 1.165) is 76.2 Å². The summed E-state index contributed by atoms with van der Waals surface area (Å²) in [5, 5.41) is 3.04. The summed E-state index contributed by atoms with van der Waals surface area (Å²) in [5.74, 6) is 0.927. The first-order valence-corrected chi connectivity index (χ1v) is 18.4. The average molecular weight is 629 g/mol. The molecule has 8 nitrogen and oxygen atoms in total. The van der Waals surface area contributed by atoms with Gasteiger partial charge in [-0.1, -0.05) is 101 Å². The van der Waals surface area contributed by atoms with E-state index in [2.05, 4.69) is 27.1 Å². The molecule has 1 N–H and O–H groups in total. The SMILES string of the molecule is Cc1ccc(S(=O)(=O)OCCCCCCCCCCCCCCCCCNC(=O)c2ccc(N3CCN(C)CC3)nc2)cc1. The van der Waals surface area contributed by atoms with Crippen LogP contribution in [0.4, 0.5) is 5.82 Å². The topological polar surface area (TPSA) is 91.8 Å². The highest BCUT2D eigenvalue weighted by Gasteiger charge is 2.16. The van der Waals surface area contributed by atoms with Gasteiger partial charge in [-0.15, -0.1) is 0 Å². The molecule has 2 heterocycles. The van der Waals surface area contributed by atoms with Crippen molar-refractivity contribution < 1.29 is 17.4 Å². The zero-order valence-electron chi connectivity index (χ0n) is 27.3. The number of nitrogens with one attached hydrogen (secondary N) is 1. The van der Waals surface area contributed by atoms with Crippen molar-refractivity contribution in [1.29, 1.82) is 0 Å². The molecule has 246 valence electrons. The maximum atomic E-state index is 12.4. The maximum Gasteiger partial charge on any atom is 0.296 e. The summed E-state index contributed by atoms with van der Waals surface area (Å²) in [5.41, 5.74) is 1.67. The fourth-order valence-electron chi connectivity index (χ4n) is 5.51. The van der Waals surface area contributed by atoms with E-state index < -0.39 is 10.1 Å². The van der Waals surface area contributed by atoms with Gasteiger partial charge in [0, 0.05) is 38.9 Å². The number of aromatic nitrogens is 1. The predicted molar refractivity (Wildman–Crippen MR) is 180 cm³/mol. The van der Waals surface area contributed by atoms with Gasteiger partial charge in [-0.25, -0.2) is 4.98 Å². The first kappa shape index (κ1) is 36.0. The van der Waals surface area contributed by atoms with Crippen molar-refractivity contribution in [3.8, 4) is 0 Å². The molecule has 0 atom stereocenters. The zero-order chi connectivity index (χ0) is 31.5. The Morgan fingerprint density at radius 3 is 1.80 bits per heavy atom. The van der Waals surface area contributed by atoms with E-state index in [-0.39, 0.29) is 17.4 Å². The minimum Gasteiger partial charge on any atom is -0.354 e. The summed E-state index contributed by atoms with van der Waals surface area (Å²) in [6.07, 6.45) is 19.7. The molecule has 1 aliphatic heterocycles. The Morgan fingerprint density at radius 1 is 0.750 bits per heavy atom. The number of benzene rings is 1. The van der Waals surface area contributed by atoms with E-state index in [1.807, 2.05) is 19.1 Å². The number of carbonyl (C=O) groups excluding carboxylic acids is 1. The van der Waals surface area contributed by atoms with Crippen LogP contribution in [0.25, 0.3) is 0 Å². The van der Waals surface area contributed by atoms with Crippen LogP contribution in [-0.4, -0.2) is 70.6 Å². The Labute approximate surface area is 267 Å². The van der Waals surface area contributed by atoms with Gasteiger partial charge in [-0.2, -0.15) is 8.42 Å². The monoisotopic (exact) mass is 628 g/mol. The van der Waals surface area contributed by atoms with E-state index in [0.29, 0.717) is 5.56 Å². The third-order valence-corrected chi connectivity index (χ3v) is 9.82. The number of anilines is 1. The van der Waals surface area contributed by atoms with Crippen molar-refractivity contribution in [1.82, 2.24) is 15.2 Å². The van der Waals surface area contributed by atoms with Crippen LogP contribution in [0.15, 0.2) is 47.5 Å². The third kappa shape index (κ3) is 14.1. The molecule has 44 heavy (non-hydrogen) atoms. The van der Waals surface area contributed by atoms with Crippen LogP contribution in [0, 0.1) is 6.92 Å². The zero-order valence-corrected chi connectivity index (χ0v) is 28.1. The molecule has 9 heteroatoms. The van der Waals surface area contributed by atoms with Crippen LogP contribution < -0.4 is 10.2 Å². The molecule has 0 unspecified atom stereocenters. The highest BCUT2D eigenvalue weighted by molar-refractivity contribution is 7.86. The number of hydrogen-bond acceptors (Lipinski definition) is 7. The summed E-state index contributed by atoms with van der Waals surface area (Å²) in [7, 11) is -1.49. The predicted octanol–water partition coefficient (Wildman–Crippen LogP) is 7.13. The van der Waals surface area contributed by atoms with E-state index in [4.69, 9.17) is 4.18 Å². The number of rotatable bonds is 22. The second-order valence-electron chi connectivity index (χ2n) is 12.3. The smallest absolute Gasteiger partial charge is 0.296 e. The Morgan fingerprint density at radius 2 is 1.27 bits per heavy atom. The van der Waals surface area contributed by atoms with Crippen LogP contribution in [0.5, 0.6) is 0 Å². The molecular formula is C35H56N4O4S. The number of nitrogens with zero attached hydrogens (tertiary/aromatic N) is 3. The third-order valence-electron chi connectivity index (χ3n) is 8.49. The van der Waals surface area contributed by atoms with Gasteiger partial charge in [-0.05, 0) is 51.1 Å². The molecule has 3 rings (SSSR count). The lowest BCUT2D eigenvalue weighted by Crippen LogP contribution is -2.44. The van der Waals surface area contributed by atoms with Crippen LogP contribution >= 0.6 is 0 Å². The van der Waals surface area contributed by atoms with Crippen molar-refractivity contribution in [3.05, 3.63) is 53.7 Å². The fourth-order valence-corrected chi connectivity index (χ4v) is 6.46. The number of pyridine rings is 1. The van der Waals surface area contributed by atoms with Crippen molar-refractivity contribution in [3.63, 3.8) is 0 Å².